The van der Waals surface area contributed by atoms with Crippen LogP contribution < -0.4 is 14.8 Å². The molecule has 0 aromatic heterocycles. The van der Waals surface area contributed by atoms with Crippen LogP contribution in [0.25, 0.3) is 0 Å². The summed E-state index contributed by atoms with van der Waals surface area (Å²) < 4.78 is 38.7. The van der Waals surface area contributed by atoms with E-state index in [9.17, 15) is 13.6 Å². The summed E-state index contributed by atoms with van der Waals surface area (Å²) in [4.78, 5) is 12.0. The largest absolute Gasteiger partial charge is 0.486 e. The highest BCUT2D eigenvalue weighted by atomic mass is 19.1. The number of benzene rings is 2. The minimum Gasteiger partial charge on any atom is -0.486 e. The van der Waals surface area contributed by atoms with Crippen LogP contribution in [-0.2, 0) is 4.79 Å². The van der Waals surface area contributed by atoms with Crippen LogP contribution in [0.4, 0.5) is 14.5 Å². The predicted molar refractivity (Wildman–Crippen MR) is 78.9 cm³/mol. The van der Waals surface area contributed by atoms with Gasteiger partial charge in [-0.15, -0.1) is 0 Å². The van der Waals surface area contributed by atoms with Crippen molar-refractivity contribution in [2.75, 3.05) is 18.5 Å². The Bertz CT molecular complexity index is 807. The van der Waals surface area contributed by atoms with E-state index in [1.54, 1.807) is 12.1 Å². The van der Waals surface area contributed by atoms with Gasteiger partial charge in [-0.3, -0.25) is 4.79 Å². The molecule has 0 saturated carbocycles. The van der Waals surface area contributed by atoms with Gasteiger partial charge in [0.2, 0.25) is 5.91 Å². The van der Waals surface area contributed by atoms with Gasteiger partial charge in [0, 0.05) is 24.1 Å². The number of halogens is 2. The number of nitrogens with one attached hydrogen (secondary N) is 1. The summed E-state index contributed by atoms with van der Waals surface area (Å²) in [6.07, 6.45) is 0.0486. The van der Waals surface area contributed by atoms with Gasteiger partial charge in [0.25, 0.3) is 0 Å². The normalized spacial score (nSPS) is 19.0. The third-order valence-corrected chi connectivity index (χ3v) is 4.09. The SMILES string of the molecule is O=C1CC(c2cc(F)ccc2F)c2cc3c(cc2N1)OCCO3. The Labute approximate surface area is 131 Å². The molecule has 1 atom stereocenters. The highest BCUT2D eigenvalue weighted by Gasteiger charge is 2.31. The van der Waals surface area contributed by atoms with Crippen LogP contribution in [0.5, 0.6) is 11.5 Å². The number of hydrogen-bond acceptors (Lipinski definition) is 3. The molecule has 0 fully saturated rings. The maximum Gasteiger partial charge on any atom is 0.225 e. The third kappa shape index (κ3) is 2.40. The number of amides is 1. The molecule has 6 heteroatoms. The number of hydrogen-bond donors (Lipinski definition) is 1. The highest BCUT2D eigenvalue weighted by Crippen LogP contribution is 2.44. The Kier molecular flexibility index (Phi) is 3.18. The molecule has 1 amide bonds. The Morgan fingerprint density at radius 2 is 1.74 bits per heavy atom. The first-order valence-electron chi connectivity index (χ1n) is 7.30. The van der Waals surface area contributed by atoms with Crippen molar-refractivity contribution in [3.8, 4) is 11.5 Å². The van der Waals surface area contributed by atoms with Crippen molar-refractivity contribution >= 4 is 11.6 Å². The molecule has 0 saturated heterocycles. The fourth-order valence-corrected chi connectivity index (χ4v) is 3.06. The molecule has 23 heavy (non-hydrogen) atoms. The van der Waals surface area contributed by atoms with Crippen LogP contribution in [0.2, 0.25) is 0 Å². The summed E-state index contributed by atoms with van der Waals surface area (Å²) in [5, 5.41) is 2.75. The van der Waals surface area contributed by atoms with Gasteiger partial charge < -0.3 is 14.8 Å². The molecule has 0 radical (unpaired) electrons. The zero-order chi connectivity index (χ0) is 16.0. The summed E-state index contributed by atoms with van der Waals surface area (Å²) in [5.41, 5.74) is 1.40. The number of anilines is 1. The number of fused-ring (bicyclic) bond motifs is 2. The van der Waals surface area contributed by atoms with E-state index in [2.05, 4.69) is 5.32 Å². The Morgan fingerprint density at radius 3 is 2.52 bits per heavy atom. The molecule has 118 valence electrons. The fraction of sp³-hybridized carbons (Fsp3) is 0.235. The van der Waals surface area contributed by atoms with E-state index in [0.717, 1.165) is 18.2 Å². The minimum atomic E-state index is -0.565. The highest BCUT2D eigenvalue weighted by molar-refractivity contribution is 5.96. The van der Waals surface area contributed by atoms with Gasteiger partial charge in [-0.1, -0.05) is 0 Å². The second kappa shape index (κ2) is 5.22. The van der Waals surface area contributed by atoms with Crippen molar-refractivity contribution in [2.45, 2.75) is 12.3 Å². The maximum absolute atomic E-state index is 14.2. The van der Waals surface area contributed by atoms with Gasteiger partial charge in [0.05, 0.1) is 0 Å². The summed E-state index contributed by atoms with van der Waals surface area (Å²) in [6, 6.07) is 6.68. The van der Waals surface area contributed by atoms with Gasteiger partial charge in [0.15, 0.2) is 11.5 Å². The first-order valence-corrected chi connectivity index (χ1v) is 7.30. The predicted octanol–water partition coefficient (Wildman–Crippen LogP) is 3.21. The molecule has 2 aliphatic heterocycles. The zero-order valence-corrected chi connectivity index (χ0v) is 12.1. The van der Waals surface area contributed by atoms with Crippen molar-refractivity contribution in [3.05, 3.63) is 53.1 Å². The summed E-state index contributed by atoms with van der Waals surface area (Å²) >= 11 is 0. The average molecular weight is 317 g/mol. The molecular formula is C17H13F2NO3. The number of carbonyl (C=O) groups is 1. The lowest BCUT2D eigenvalue weighted by Crippen LogP contribution is -2.25. The monoisotopic (exact) mass is 317 g/mol. The van der Waals surface area contributed by atoms with E-state index >= 15 is 0 Å². The number of carbonyl (C=O) groups excluding carboxylic acids is 1. The Hall–Kier alpha value is -2.63. The van der Waals surface area contributed by atoms with Crippen LogP contribution in [-0.4, -0.2) is 19.1 Å². The number of ether oxygens (including phenoxy) is 2. The van der Waals surface area contributed by atoms with Gasteiger partial charge in [-0.2, -0.15) is 0 Å². The van der Waals surface area contributed by atoms with Crippen molar-refractivity contribution in [1.82, 2.24) is 0 Å². The lowest BCUT2D eigenvalue weighted by Gasteiger charge is -2.29. The maximum atomic E-state index is 14.2. The van der Waals surface area contributed by atoms with E-state index in [-0.39, 0.29) is 17.9 Å². The first kappa shape index (κ1) is 14.0. The molecule has 4 rings (SSSR count). The van der Waals surface area contributed by atoms with E-state index in [0.29, 0.717) is 36.0 Å². The van der Waals surface area contributed by atoms with Gasteiger partial charge in [-0.05, 0) is 35.4 Å². The average Bonchev–Trinajstić information content (AvgIpc) is 2.54. The molecule has 2 aromatic rings. The quantitative estimate of drug-likeness (QED) is 0.878. The van der Waals surface area contributed by atoms with Crippen molar-refractivity contribution in [2.24, 2.45) is 0 Å². The zero-order valence-electron chi connectivity index (χ0n) is 12.1. The lowest BCUT2D eigenvalue weighted by atomic mass is 9.84. The Balaban J connectivity index is 1.87. The molecule has 0 bridgehead atoms. The molecule has 1 N–H and O–H groups in total. The van der Waals surface area contributed by atoms with Crippen molar-refractivity contribution < 1.29 is 23.0 Å². The van der Waals surface area contributed by atoms with Crippen LogP contribution in [0, 0.1) is 11.6 Å². The van der Waals surface area contributed by atoms with E-state index in [1.165, 1.54) is 0 Å². The smallest absolute Gasteiger partial charge is 0.225 e. The van der Waals surface area contributed by atoms with Crippen LogP contribution in [0.1, 0.15) is 23.5 Å². The summed E-state index contributed by atoms with van der Waals surface area (Å²) in [7, 11) is 0. The molecule has 4 nitrogen and oxygen atoms in total. The second-order valence-corrected chi connectivity index (χ2v) is 5.55. The molecule has 1 unspecified atom stereocenters. The van der Waals surface area contributed by atoms with Gasteiger partial charge in [-0.25, -0.2) is 8.78 Å². The second-order valence-electron chi connectivity index (χ2n) is 5.55. The molecule has 0 spiro atoms. The van der Waals surface area contributed by atoms with Crippen molar-refractivity contribution in [3.63, 3.8) is 0 Å². The van der Waals surface area contributed by atoms with Gasteiger partial charge >= 0.3 is 0 Å². The van der Waals surface area contributed by atoms with E-state index in [1.807, 2.05) is 0 Å². The van der Waals surface area contributed by atoms with Crippen LogP contribution >= 0.6 is 0 Å². The van der Waals surface area contributed by atoms with Gasteiger partial charge in [0.1, 0.15) is 24.8 Å². The summed E-state index contributed by atoms with van der Waals surface area (Å²) in [6.45, 7) is 0.860. The first-order chi connectivity index (χ1) is 11.1. The topological polar surface area (TPSA) is 47.6 Å². The Morgan fingerprint density at radius 1 is 1.00 bits per heavy atom. The van der Waals surface area contributed by atoms with E-state index < -0.39 is 17.6 Å². The number of rotatable bonds is 1. The molecular weight excluding hydrogens is 304 g/mol. The van der Waals surface area contributed by atoms with Crippen LogP contribution in [0.15, 0.2) is 30.3 Å². The van der Waals surface area contributed by atoms with Crippen molar-refractivity contribution in [1.29, 1.82) is 0 Å². The lowest BCUT2D eigenvalue weighted by molar-refractivity contribution is -0.116. The van der Waals surface area contributed by atoms with Crippen LogP contribution in [0.3, 0.4) is 0 Å². The standard InChI is InChI=1S/C17H13F2NO3/c18-9-1-2-13(19)11(5-9)10-7-17(21)20-14-8-16-15(6-12(10)14)22-3-4-23-16/h1-2,5-6,8,10H,3-4,7H2,(H,20,21). The molecule has 0 aliphatic carbocycles. The minimum absolute atomic E-state index is 0.0486. The molecule has 2 aliphatic rings. The van der Waals surface area contributed by atoms with E-state index in [4.69, 9.17) is 9.47 Å². The third-order valence-electron chi connectivity index (χ3n) is 4.09. The molecule has 2 heterocycles. The fourth-order valence-electron chi connectivity index (χ4n) is 3.06. The molecule has 2 aromatic carbocycles. The summed E-state index contributed by atoms with van der Waals surface area (Å²) in [5.74, 6) is -0.796.